The molecule has 14 heavy (non-hydrogen) atoms. The predicted molar refractivity (Wildman–Crippen MR) is 66.6 cm³/mol. The molecule has 0 aliphatic rings. The maximum atomic E-state index is 9.51. The zero-order chi connectivity index (χ0) is 10.4. The van der Waals surface area contributed by atoms with E-state index in [4.69, 9.17) is 11.6 Å². The summed E-state index contributed by atoms with van der Waals surface area (Å²) < 4.78 is 0. The van der Waals surface area contributed by atoms with Crippen LogP contribution in [-0.4, -0.2) is 29.0 Å². The van der Waals surface area contributed by atoms with Crippen molar-refractivity contribution in [3.63, 3.8) is 0 Å². The van der Waals surface area contributed by atoms with E-state index in [0.29, 0.717) is 0 Å². The smallest absolute Gasteiger partial charge is 0.0724 e. The van der Waals surface area contributed by atoms with Gasteiger partial charge in [0.05, 0.1) is 6.10 Å². The Bertz CT molecular complexity index is 281. The second-order valence-electron chi connectivity index (χ2n) is 2.88. The second kappa shape index (κ2) is 6.62. The lowest BCUT2D eigenvalue weighted by atomic mass is 10.4. The van der Waals surface area contributed by atoms with E-state index in [1.165, 1.54) is 0 Å². The standard InChI is InChI=1S/C10H13ClOS2/c1-13-6-9(12)7-14-10-4-2-3-8(11)5-10/h2-5,9,12H,6-7H2,1H3. The number of rotatable bonds is 5. The van der Waals surface area contributed by atoms with Gasteiger partial charge in [-0.1, -0.05) is 17.7 Å². The average molecular weight is 249 g/mol. The number of hydrogen-bond donors (Lipinski definition) is 1. The van der Waals surface area contributed by atoms with Crippen molar-refractivity contribution in [2.75, 3.05) is 17.8 Å². The summed E-state index contributed by atoms with van der Waals surface area (Å²) in [6.45, 7) is 0. The van der Waals surface area contributed by atoms with Crippen LogP contribution in [0.1, 0.15) is 0 Å². The molecular weight excluding hydrogens is 236 g/mol. The molecule has 1 aromatic rings. The third-order valence-electron chi connectivity index (χ3n) is 1.60. The molecular formula is C10H13ClOS2. The Kier molecular flexibility index (Phi) is 5.78. The minimum atomic E-state index is -0.242. The Labute approximate surface area is 98.2 Å². The van der Waals surface area contributed by atoms with Gasteiger partial charge in [0.1, 0.15) is 0 Å². The number of aliphatic hydroxyl groups is 1. The Hall–Kier alpha value is 0.170. The van der Waals surface area contributed by atoms with E-state index in [-0.39, 0.29) is 6.10 Å². The van der Waals surface area contributed by atoms with Gasteiger partial charge in [-0.3, -0.25) is 0 Å². The Balaban J connectivity index is 2.37. The number of aliphatic hydroxyl groups excluding tert-OH is 1. The Morgan fingerprint density at radius 3 is 2.86 bits per heavy atom. The molecule has 0 radical (unpaired) electrons. The molecule has 1 atom stereocenters. The van der Waals surface area contributed by atoms with Crippen LogP contribution in [0.5, 0.6) is 0 Å². The molecule has 0 aliphatic carbocycles. The first kappa shape index (κ1) is 12.2. The van der Waals surface area contributed by atoms with E-state index >= 15 is 0 Å². The fourth-order valence-electron chi connectivity index (χ4n) is 0.990. The summed E-state index contributed by atoms with van der Waals surface area (Å²) in [4.78, 5) is 1.11. The first-order valence-corrected chi connectivity index (χ1v) is 7.03. The molecule has 1 aromatic carbocycles. The molecule has 0 fully saturated rings. The van der Waals surface area contributed by atoms with Crippen molar-refractivity contribution in [1.82, 2.24) is 0 Å². The summed E-state index contributed by atoms with van der Waals surface area (Å²) >= 11 is 9.13. The monoisotopic (exact) mass is 248 g/mol. The highest BCUT2D eigenvalue weighted by Gasteiger charge is 2.03. The van der Waals surface area contributed by atoms with Crippen molar-refractivity contribution in [2.45, 2.75) is 11.0 Å². The highest BCUT2D eigenvalue weighted by Crippen LogP contribution is 2.22. The van der Waals surface area contributed by atoms with E-state index < -0.39 is 0 Å². The molecule has 0 aromatic heterocycles. The van der Waals surface area contributed by atoms with Gasteiger partial charge in [-0.2, -0.15) is 11.8 Å². The number of benzene rings is 1. The zero-order valence-electron chi connectivity index (χ0n) is 7.94. The molecule has 0 saturated carbocycles. The van der Waals surface area contributed by atoms with Crippen LogP contribution in [0.4, 0.5) is 0 Å². The average Bonchev–Trinajstić information content (AvgIpc) is 2.15. The molecule has 0 aliphatic heterocycles. The van der Waals surface area contributed by atoms with Crippen molar-refractivity contribution >= 4 is 35.1 Å². The van der Waals surface area contributed by atoms with E-state index in [1.807, 2.05) is 30.5 Å². The molecule has 0 heterocycles. The van der Waals surface area contributed by atoms with Gasteiger partial charge in [-0.05, 0) is 24.5 Å². The van der Waals surface area contributed by atoms with Crippen LogP contribution in [0.3, 0.4) is 0 Å². The fraction of sp³-hybridized carbons (Fsp3) is 0.400. The van der Waals surface area contributed by atoms with Gasteiger partial charge in [0, 0.05) is 21.4 Å². The lowest BCUT2D eigenvalue weighted by Crippen LogP contribution is -2.12. The van der Waals surface area contributed by atoms with Crippen LogP contribution in [0.15, 0.2) is 29.2 Å². The van der Waals surface area contributed by atoms with E-state index in [1.54, 1.807) is 23.5 Å². The molecule has 4 heteroatoms. The van der Waals surface area contributed by atoms with Gasteiger partial charge in [0.15, 0.2) is 0 Å². The van der Waals surface area contributed by atoms with Gasteiger partial charge in [-0.25, -0.2) is 0 Å². The highest BCUT2D eigenvalue weighted by molar-refractivity contribution is 8.00. The molecule has 78 valence electrons. The van der Waals surface area contributed by atoms with Crippen molar-refractivity contribution in [1.29, 1.82) is 0 Å². The Morgan fingerprint density at radius 2 is 2.21 bits per heavy atom. The maximum Gasteiger partial charge on any atom is 0.0724 e. The minimum Gasteiger partial charge on any atom is -0.391 e. The Morgan fingerprint density at radius 1 is 1.43 bits per heavy atom. The summed E-state index contributed by atoms with van der Waals surface area (Å²) in [5.74, 6) is 1.51. The lowest BCUT2D eigenvalue weighted by molar-refractivity contribution is 0.225. The van der Waals surface area contributed by atoms with Crippen molar-refractivity contribution in [3.05, 3.63) is 29.3 Å². The van der Waals surface area contributed by atoms with Crippen molar-refractivity contribution in [3.8, 4) is 0 Å². The van der Waals surface area contributed by atoms with Gasteiger partial charge in [-0.15, -0.1) is 11.8 Å². The van der Waals surface area contributed by atoms with Crippen LogP contribution < -0.4 is 0 Å². The second-order valence-corrected chi connectivity index (χ2v) is 5.32. The van der Waals surface area contributed by atoms with Crippen LogP contribution in [0.25, 0.3) is 0 Å². The largest absolute Gasteiger partial charge is 0.391 e. The summed E-state index contributed by atoms with van der Waals surface area (Å²) in [6.07, 6.45) is 1.75. The van der Waals surface area contributed by atoms with E-state index in [9.17, 15) is 5.11 Å². The minimum absolute atomic E-state index is 0.242. The first-order chi connectivity index (χ1) is 6.72. The summed E-state index contributed by atoms with van der Waals surface area (Å²) in [5.41, 5.74) is 0. The molecule has 0 amide bonds. The number of thioether (sulfide) groups is 2. The quantitative estimate of drug-likeness (QED) is 0.809. The number of hydrogen-bond acceptors (Lipinski definition) is 3. The van der Waals surface area contributed by atoms with Gasteiger partial charge >= 0.3 is 0 Å². The van der Waals surface area contributed by atoms with Crippen molar-refractivity contribution < 1.29 is 5.11 Å². The summed E-state index contributed by atoms with van der Waals surface area (Å²) in [7, 11) is 0. The topological polar surface area (TPSA) is 20.2 Å². The normalized spacial score (nSPS) is 12.8. The molecule has 0 bridgehead atoms. The molecule has 0 saturated heterocycles. The van der Waals surface area contributed by atoms with Crippen LogP contribution in [-0.2, 0) is 0 Å². The molecule has 0 spiro atoms. The predicted octanol–water partition coefficient (Wildman–Crippen LogP) is 3.16. The van der Waals surface area contributed by atoms with E-state index in [2.05, 4.69) is 0 Å². The van der Waals surface area contributed by atoms with Crippen LogP contribution in [0, 0.1) is 0 Å². The summed E-state index contributed by atoms with van der Waals surface area (Å²) in [5, 5.41) is 10.2. The van der Waals surface area contributed by atoms with E-state index in [0.717, 1.165) is 21.4 Å². The third-order valence-corrected chi connectivity index (χ3v) is 3.69. The fourth-order valence-corrected chi connectivity index (χ4v) is 2.78. The lowest BCUT2D eigenvalue weighted by Gasteiger charge is -2.08. The highest BCUT2D eigenvalue weighted by atomic mass is 35.5. The van der Waals surface area contributed by atoms with Crippen LogP contribution >= 0.6 is 35.1 Å². The molecule has 1 rings (SSSR count). The van der Waals surface area contributed by atoms with Gasteiger partial charge in [0.2, 0.25) is 0 Å². The summed E-state index contributed by atoms with van der Waals surface area (Å²) in [6, 6.07) is 7.69. The number of halogens is 1. The molecule has 1 nitrogen and oxygen atoms in total. The maximum absolute atomic E-state index is 9.51. The van der Waals surface area contributed by atoms with Crippen LogP contribution in [0.2, 0.25) is 5.02 Å². The SMILES string of the molecule is CSCC(O)CSc1cccc(Cl)c1. The molecule has 1 N–H and O–H groups in total. The third kappa shape index (κ3) is 4.60. The van der Waals surface area contributed by atoms with Gasteiger partial charge in [0.25, 0.3) is 0 Å². The first-order valence-electron chi connectivity index (χ1n) is 4.27. The van der Waals surface area contributed by atoms with Gasteiger partial charge < -0.3 is 5.11 Å². The van der Waals surface area contributed by atoms with Crippen molar-refractivity contribution in [2.24, 2.45) is 0 Å². The zero-order valence-corrected chi connectivity index (χ0v) is 10.3. The molecule has 1 unspecified atom stereocenters.